The van der Waals surface area contributed by atoms with Crippen LogP contribution >= 0.6 is 0 Å². The number of likely N-dealkylation sites (N-methyl/N-ethyl adjacent to an activating group) is 1. The molecule has 200 valence electrons. The van der Waals surface area contributed by atoms with Crippen molar-refractivity contribution in [1.82, 2.24) is 19.8 Å². The first-order chi connectivity index (χ1) is 18.9. The summed E-state index contributed by atoms with van der Waals surface area (Å²) in [5.41, 5.74) is 10.3. The maximum atomic E-state index is 12.9. The van der Waals surface area contributed by atoms with Crippen LogP contribution in [0.3, 0.4) is 0 Å². The third kappa shape index (κ3) is 4.21. The zero-order valence-corrected chi connectivity index (χ0v) is 23.0. The predicted octanol–water partition coefficient (Wildman–Crippen LogP) is 4.74. The van der Waals surface area contributed by atoms with E-state index >= 15 is 0 Å². The number of carbonyl (C=O) groups excluding carboxylic acids is 1. The van der Waals surface area contributed by atoms with Crippen LogP contribution < -0.4 is 4.90 Å². The fourth-order valence-corrected chi connectivity index (χ4v) is 6.51. The number of ether oxygens (including phenoxy) is 1. The Morgan fingerprint density at radius 3 is 2.26 bits per heavy atom. The van der Waals surface area contributed by atoms with Crippen molar-refractivity contribution in [2.45, 2.75) is 13.8 Å². The molecule has 3 aliphatic rings. The van der Waals surface area contributed by atoms with Crippen molar-refractivity contribution >= 4 is 22.6 Å². The highest BCUT2D eigenvalue weighted by atomic mass is 16.5. The molecular formula is C32H35N5O2. The molecule has 2 aromatic carbocycles. The van der Waals surface area contributed by atoms with Gasteiger partial charge in [-0.25, -0.2) is 4.98 Å². The highest BCUT2D eigenvalue weighted by molar-refractivity contribution is 5.98. The van der Waals surface area contributed by atoms with Gasteiger partial charge in [-0.1, -0.05) is 12.1 Å². The van der Waals surface area contributed by atoms with Crippen molar-refractivity contribution < 1.29 is 9.53 Å². The van der Waals surface area contributed by atoms with E-state index in [2.05, 4.69) is 53.9 Å². The van der Waals surface area contributed by atoms with E-state index in [9.17, 15) is 4.79 Å². The molecule has 0 aliphatic carbocycles. The first-order valence-electron chi connectivity index (χ1n) is 13.9. The summed E-state index contributed by atoms with van der Waals surface area (Å²) in [4.78, 5) is 27.9. The molecule has 0 unspecified atom stereocenters. The van der Waals surface area contributed by atoms with Crippen molar-refractivity contribution in [2.24, 2.45) is 5.41 Å². The molecule has 7 nitrogen and oxygen atoms in total. The third-order valence-corrected chi connectivity index (χ3v) is 8.77. The molecule has 5 heterocycles. The molecule has 1 amide bonds. The number of aromatic amines is 1. The van der Waals surface area contributed by atoms with Crippen LogP contribution in [0.4, 0.5) is 5.69 Å². The lowest BCUT2D eigenvalue weighted by atomic mass is 9.78. The fourth-order valence-electron chi connectivity index (χ4n) is 6.51. The second-order valence-electron chi connectivity index (χ2n) is 11.8. The number of hydrogen-bond donors (Lipinski definition) is 1. The monoisotopic (exact) mass is 521 g/mol. The average molecular weight is 522 g/mol. The Bertz CT molecular complexity index is 1530. The number of rotatable bonds is 4. The van der Waals surface area contributed by atoms with E-state index in [1.54, 1.807) is 0 Å². The van der Waals surface area contributed by atoms with Crippen LogP contribution in [0.1, 0.15) is 21.5 Å². The van der Waals surface area contributed by atoms with E-state index in [0.717, 1.165) is 85.8 Å². The van der Waals surface area contributed by atoms with Crippen molar-refractivity contribution in [3.63, 3.8) is 0 Å². The lowest BCUT2D eigenvalue weighted by Crippen LogP contribution is -2.67. The Morgan fingerprint density at radius 2 is 1.62 bits per heavy atom. The van der Waals surface area contributed by atoms with Gasteiger partial charge in [0.15, 0.2) is 0 Å². The second kappa shape index (κ2) is 9.21. The van der Waals surface area contributed by atoms with Gasteiger partial charge in [-0.05, 0) is 73.5 Å². The van der Waals surface area contributed by atoms with Crippen LogP contribution in [0, 0.1) is 19.3 Å². The van der Waals surface area contributed by atoms with Crippen LogP contribution in [-0.4, -0.2) is 85.2 Å². The molecule has 3 saturated heterocycles. The Morgan fingerprint density at radius 1 is 0.923 bits per heavy atom. The quantitative estimate of drug-likeness (QED) is 0.420. The van der Waals surface area contributed by atoms with Crippen LogP contribution in [0.25, 0.3) is 33.3 Å². The topological polar surface area (TPSA) is 64.7 Å². The van der Waals surface area contributed by atoms with Crippen LogP contribution in [-0.2, 0) is 4.74 Å². The summed E-state index contributed by atoms with van der Waals surface area (Å²) in [5.74, 6) is 0.104. The standard InChI is InChI=1S/C32H35N5O2/c1-21-12-25(13-22(2)29(21)36-10-8-35(3)9-11-36)26-14-27-28(16-34-30(27)33-15-26)23-4-6-24(7-5-23)31(38)37-17-32(18-37)19-39-20-32/h4-7,12-16H,8-11,17-20H2,1-3H3,(H,33,34). The molecule has 1 spiro atoms. The molecule has 7 rings (SSSR count). The lowest BCUT2D eigenvalue weighted by Gasteiger charge is -2.54. The molecule has 0 atom stereocenters. The summed E-state index contributed by atoms with van der Waals surface area (Å²) in [5, 5.41) is 1.08. The average Bonchev–Trinajstić information content (AvgIpc) is 3.31. The molecule has 4 aromatic rings. The van der Waals surface area contributed by atoms with Crippen molar-refractivity contribution in [2.75, 3.05) is 64.4 Å². The van der Waals surface area contributed by atoms with Gasteiger partial charge < -0.3 is 24.4 Å². The number of fused-ring (bicyclic) bond motifs is 1. The summed E-state index contributed by atoms with van der Waals surface area (Å²) in [6, 6.07) is 14.8. The number of pyridine rings is 1. The van der Waals surface area contributed by atoms with E-state index in [1.165, 1.54) is 22.4 Å². The Kier molecular flexibility index (Phi) is 5.75. The summed E-state index contributed by atoms with van der Waals surface area (Å²) >= 11 is 0. The normalized spacial score (nSPS) is 18.8. The number of likely N-dealkylation sites (tertiary alicyclic amines) is 1. The lowest BCUT2D eigenvalue weighted by molar-refractivity contribution is -0.176. The van der Waals surface area contributed by atoms with Gasteiger partial charge in [0.05, 0.1) is 18.6 Å². The van der Waals surface area contributed by atoms with E-state index in [4.69, 9.17) is 9.72 Å². The number of nitrogens with zero attached hydrogens (tertiary/aromatic N) is 4. The number of carbonyl (C=O) groups is 1. The van der Waals surface area contributed by atoms with Gasteiger partial charge in [0.2, 0.25) is 0 Å². The first kappa shape index (κ1) is 24.4. The molecule has 39 heavy (non-hydrogen) atoms. The number of benzene rings is 2. The number of piperazine rings is 1. The fraction of sp³-hybridized carbons (Fsp3) is 0.375. The Hall–Kier alpha value is -3.68. The van der Waals surface area contributed by atoms with Crippen LogP contribution in [0.5, 0.6) is 0 Å². The molecule has 1 N–H and O–H groups in total. The molecule has 7 heteroatoms. The number of aryl methyl sites for hydroxylation is 2. The molecule has 0 saturated carbocycles. The van der Waals surface area contributed by atoms with Crippen molar-refractivity contribution in [3.8, 4) is 22.3 Å². The molecular weight excluding hydrogens is 486 g/mol. The zero-order valence-electron chi connectivity index (χ0n) is 23.0. The maximum Gasteiger partial charge on any atom is 0.253 e. The number of aromatic nitrogens is 2. The molecule has 2 aromatic heterocycles. The Balaban J connectivity index is 1.14. The molecule has 3 fully saturated rings. The van der Waals surface area contributed by atoms with E-state index in [0.29, 0.717) is 0 Å². The Labute approximate surface area is 229 Å². The molecule has 0 bridgehead atoms. The van der Waals surface area contributed by atoms with E-state index in [1.807, 2.05) is 41.6 Å². The molecule has 0 radical (unpaired) electrons. The van der Waals surface area contributed by atoms with Crippen LogP contribution in [0.15, 0.2) is 54.9 Å². The number of nitrogens with one attached hydrogen (secondary N) is 1. The zero-order chi connectivity index (χ0) is 26.7. The summed E-state index contributed by atoms with van der Waals surface area (Å²) in [6.07, 6.45) is 3.97. The minimum Gasteiger partial charge on any atom is -0.380 e. The van der Waals surface area contributed by atoms with Gasteiger partial charge in [-0.15, -0.1) is 0 Å². The van der Waals surface area contributed by atoms with Crippen LogP contribution in [0.2, 0.25) is 0 Å². The third-order valence-electron chi connectivity index (χ3n) is 8.77. The number of hydrogen-bond acceptors (Lipinski definition) is 5. The largest absolute Gasteiger partial charge is 0.380 e. The van der Waals surface area contributed by atoms with Gasteiger partial charge in [0.25, 0.3) is 5.91 Å². The van der Waals surface area contributed by atoms with Gasteiger partial charge in [0.1, 0.15) is 5.65 Å². The minimum absolute atomic E-state index is 0.104. The second-order valence-corrected chi connectivity index (χ2v) is 11.8. The summed E-state index contributed by atoms with van der Waals surface area (Å²) < 4.78 is 5.34. The summed E-state index contributed by atoms with van der Waals surface area (Å²) in [7, 11) is 2.19. The highest BCUT2D eigenvalue weighted by Crippen LogP contribution is 2.39. The maximum absolute atomic E-state index is 12.9. The SMILES string of the molecule is Cc1cc(-c2cnc3[nH]cc(-c4ccc(C(=O)N5CC6(COC6)C5)cc4)c3c2)cc(C)c1N1CCN(C)CC1. The molecule has 3 aliphatic heterocycles. The van der Waals surface area contributed by atoms with Gasteiger partial charge in [-0.2, -0.15) is 0 Å². The van der Waals surface area contributed by atoms with Crippen molar-refractivity contribution in [3.05, 3.63) is 71.5 Å². The van der Waals surface area contributed by atoms with Crippen molar-refractivity contribution in [1.29, 1.82) is 0 Å². The number of anilines is 1. The highest BCUT2D eigenvalue weighted by Gasteiger charge is 2.50. The minimum atomic E-state index is 0.104. The number of amides is 1. The van der Waals surface area contributed by atoms with Gasteiger partial charge in [0, 0.05) is 79.4 Å². The van der Waals surface area contributed by atoms with Gasteiger partial charge >= 0.3 is 0 Å². The summed E-state index contributed by atoms with van der Waals surface area (Å²) in [6.45, 7) is 12.0. The van der Waals surface area contributed by atoms with E-state index < -0.39 is 0 Å². The van der Waals surface area contributed by atoms with Gasteiger partial charge in [-0.3, -0.25) is 4.79 Å². The smallest absolute Gasteiger partial charge is 0.253 e. The van der Waals surface area contributed by atoms with E-state index in [-0.39, 0.29) is 11.3 Å². The first-order valence-corrected chi connectivity index (χ1v) is 13.9. The predicted molar refractivity (Wildman–Crippen MR) is 155 cm³/mol. The number of H-pyrrole nitrogens is 1.